The van der Waals surface area contributed by atoms with Crippen LogP contribution in [0.25, 0.3) is 0 Å². The number of fused-ring (bicyclic) bond motifs is 2. The van der Waals surface area contributed by atoms with Gasteiger partial charge in [-0.1, -0.05) is 13.8 Å². The fraction of sp³-hybridized carbons (Fsp3) is 0.500. The second-order valence-electron chi connectivity index (χ2n) is 8.91. The van der Waals surface area contributed by atoms with Crippen LogP contribution in [0.2, 0.25) is 0 Å². The van der Waals surface area contributed by atoms with Crippen molar-refractivity contribution in [2.75, 3.05) is 24.8 Å². The van der Waals surface area contributed by atoms with Crippen molar-refractivity contribution in [3.8, 4) is 11.5 Å². The first-order valence-electron chi connectivity index (χ1n) is 10.3. The van der Waals surface area contributed by atoms with Crippen molar-refractivity contribution in [1.82, 2.24) is 15.3 Å². The fourth-order valence-electron chi connectivity index (χ4n) is 4.51. The number of anilines is 1. The topological polar surface area (TPSA) is 76.6 Å². The lowest BCUT2D eigenvalue weighted by Gasteiger charge is -2.36. The number of carbonyl (C=O) groups is 1. The Kier molecular flexibility index (Phi) is 4.33. The van der Waals surface area contributed by atoms with Gasteiger partial charge in [0, 0.05) is 30.4 Å². The Bertz CT molecular complexity index is 953. The third kappa shape index (κ3) is 3.50. The van der Waals surface area contributed by atoms with Gasteiger partial charge in [-0.2, -0.15) is 0 Å². The van der Waals surface area contributed by atoms with E-state index in [1.165, 1.54) is 12.8 Å². The molecule has 1 aromatic heterocycles. The molecule has 2 aromatic rings. The largest absolute Gasteiger partial charge is 0.454 e. The van der Waals surface area contributed by atoms with Gasteiger partial charge in [0.2, 0.25) is 12.7 Å². The Morgan fingerprint density at radius 3 is 2.83 bits per heavy atom. The first-order chi connectivity index (χ1) is 14.0. The molecule has 1 aromatic carbocycles. The van der Waals surface area contributed by atoms with Gasteiger partial charge < -0.3 is 19.7 Å². The minimum absolute atomic E-state index is 0.0520. The monoisotopic (exact) mass is 394 g/mol. The van der Waals surface area contributed by atoms with Crippen LogP contribution in [0.1, 0.15) is 60.8 Å². The number of rotatable bonds is 3. The molecule has 1 N–H and O–H groups in total. The Hall–Kier alpha value is -2.83. The smallest absolute Gasteiger partial charge is 0.251 e. The third-order valence-corrected chi connectivity index (χ3v) is 5.99. The molecule has 1 saturated heterocycles. The quantitative estimate of drug-likeness (QED) is 0.861. The van der Waals surface area contributed by atoms with Crippen LogP contribution in [-0.4, -0.2) is 35.8 Å². The Balaban J connectivity index is 1.41. The van der Waals surface area contributed by atoms with Crippen molar-refractivity contribution >= 4 is 11.9 Å². The summed E-state index contributed by atoms with van der Waals surface area (Å²) in [5.74, 6) is 1.98. The number of nitrogens with zero attached hydrogens (tertiary/aromatic N) is 3. The molecule has 1 amide bonds. The van der Waals surface area contributed by atoms with E-state index < -0.39 is 0 Å². The molecule has 1 atom stereocenters. The molecule has 7 heteroatoms. The number of amides is 1. The van der Waals surface area contributed by atoms with E-state index in [2.05, 4.69) is 29.0 Å². The average molecular weight is 394 g/mol. The summed E-state index contributed by atoms with van der Waals surface area (Å²) in [7, 11) is 0. The first kappa shape index (κ1) is 18.2. The van der Waals surface area contributed by atoms with E-state index in [4.69, 9.17) is 14.5 Å². The van der Waals surface area contributed by atoms with Gasteiger partial charge in [0.1, 0.15) is 0 Å². The highest BCUT2D eigenvalue weighted by Crippen LogP contribution is 2.40. The standard InChI is InChI=1S/C22H26N4O3/c1-22(2)10-16(24-20(27)14-5-6-18-19(9-14)29-13-28-18)15-12-23-21(25-17(15)11-22)26-7-3-4-8-26/h5-6,9,12,16H,3-4,7-8,10-11,13H2,1-2H3,(H,24,27)/t16-/m0/s1. The summed E-state index contributed by atoms with van der Waals surface area (Å²) in [4.78, 5) is 24.7. The summed E-state index contributed by atoms with van der Waals surface area (Å²) in [5, 5.41) is 3.20. The zero-order valence-electron chi connectivity index (χ0n) is 16.9. The maximum Gasteiger partial charge on any atom is 0.251 e. The normalized spacial score (nSPS) is 21.7. The second kappa shape index (κ2) is 6.90. The van der Waals surface area contributed by atoms with Gasteiger partial charge in [-0.15, -0.1) is 0 Å². The van der Waals surface area contributed by atoms with E-state index in [9.17, 15) is 4.79 Å². The fourth-order valence-corrected chi connectivity index (χ4v) is 4.51. The molecule has 1 aliphatic carbocycles. The van der Waals surface area contributed by atoms with E-state index in [1.807, 2.05) is 6.20 Å². The highest BCUT2D eigenvalue weighted by molar-refractivity contribution is 5.95. The van der Waals surface area contributed by atoms with Crippen molar-refractivity contribution in [3.63, 3.8) is 0 Å². The molecule has 7 nitrogen and oxygen atoms in total. The van der Waals surface area contributed by atoms with Gasteiger partial charge in [0.25, 0.3) is 5.91 Å². The van der Waals surface area contributed by atoms with Crippen LogP contribution in [0.15, 0.2) is 24.4 Å². The van der Waals surface area contributed by atoms with Crippen molar-refractivity contribution in [1.29, 1.82) is 0 Å². The summed E-state index contributed by atoms with van der Waals surface area (Å²) in [6.07, 6.45) is 6.04. The van der Waals surface area contributed by atoms with Crippen LogP contribution in [-0.2, 0) is 6.42 Å². The van der Waals surface area contributed by atoms with E-state index in [1.54, 1.807) is 18.2 Å². The zero-order valence-corrected chi connectivity index (χ0v) is 16.9. The maximum absolute atomic E-state index is 13.0. The molecule has 2 aliphatic heterocycles. The molecule has 3 heterocycles. The van der Waals surface area contributed by atoms with Crippen LogP contribution < -0.4 is 19.7 Å². The lowest BCUT2D eigenvalue weighted by Crippen LogP contribution is -2.37. The molecular weight excluding hydrogens is 368 g/mol. The maximum atomic E-state index is 13.0. The summed E-state index contributed by atoms with van der Waals surface area (Å²) < 4.78 is 10.7. The van der Waals surface area contributed by atoms with Crippen LogP contribution >= 0.6 is 0 Å². The number of hydrogen-bond acceptors (Lipinski definition) is 6. The number of ether oxygens (including phenoxy) is 2. The molecule has 152 valence electrons. The molecule has 3 aliphatic rings. The average Bonchev–Trinajstić information content (AvgIpc) is 3.37. The van der Waals surface area contributed by atoms with Gasteiger partial charge in [-0.3, -0.25) is 4.79 Å². The first-order valence-corrected chi connectivity index (χ1v) is 10.3. The molecule has 5 rings (SSSR count). The molecule has 0 saturated carbocycles. The Labute approximate surface area is 170 Å². The highest BCUT2D eigenvalue weighted by Gasteiger charge is 2.35. The van der Waals surface area contributed by atoms with E-state index >= 15 is 0 Å². The van der Waals surface area contributed by atoms with Crippen LogP contribution in [0.3, 0.4) is 0 Å². The van der Waals surface area contributed by atoms with Crippen molar-refractivity contribution < 1.29 is 14.3 Å². The summed E-state index contributed by atoms with van der Waals surface area (Å²) in [6.45, 7) is 6.70. The van der Waals surface area contributed by atoms with E-state index in [0.29, 0.717) is 17.1 Å². The number of aromatic nitrogens is 2. The second-order valence-corrected chi connectivity index (χ2v) is 8.91. The minimum atomic E-state index is -0.124. The van der Waals surface area contributed by atoms with Gasteiger partial charge in [-0.25, -0.2) is 9.97 Å². The van der Waals surface area contributed by atoms with Gasteiger partial charge in [0.15, 0.2) is 11.5 Å². The van der Waals surface area contributed by atoms with Crippen molar-refractivity contribution in [2.45, 2.75) is 45.6 Å². The van der Waals surface area contributed by atoms with E-state index in [0.717, 1.165) is 43.1 Å². The van der Waals surface area contributed by atoms with Crippen molar-refractivity contribution in [3.05, 3.63) is 41.2 Å². The number of benzene rings is 1. The molecule has 0 unspecified atom stereocenters. The molecule has 0 bridgehead atoms. The molecular formula is C22H26N4O3. The molecule has 0 radical (unpaired) electrons. The molecule has 0 spiro atoms. The number of nitrogens with one attached hydrogen (secondary N) is 1. The number of hydrogen-bond donors (Lipinski definition) is 1. The molecule has 29 heavy (non-hydrogen) atoms. The molecule has 1 fully saturated rings. The predicted molar refractivity (Wildman–Crippen MR) is 108 cm³/mol. The lowest BCUT2D eigenvalue weighted by atomic mass is 9.74. The van der Waals surface area contributed by atoms with Crippen LogP contribution in [0, 0.1) is 5.41 Å². The van der Waals surface area contributed by atoms with Gasteiger partial charge in [-0.05, 0) is 49.3 Å². The highest BCUT2D eigenvalue weighted by atomic mass is 16.7. The van der Waals surface area contributed by atoms with Crippen molar-refractivity contribution in [2.24, 2.45) is 5.41 Å². The summed E-state index contributed by atoms with van der Waals surface area (Å²) in [6, 6.07) is 5.17. The third-order valence-electron chi connectivity index (χ3n) is 5.99. The predicted octanol–water partition coefficient (Wildman–Crippen LogP) is 3.25. The van der Waals surface area contributed by atoms with Gasteiger partial charge in [0.05, 0.1) is 11.7 Å². The zero-order chi connectivity index (χ0) is 20.0. The van der Waals surface area contributed by atoms with Gasteiger partial charge >= 0.3 is 0 Å². The van der Waals surface area contributed by atoms with Crippen LogP contribution in [0.4, 0.5) is 5.95 Å². The minimum Gasteiger partial charge on any atom is -0.454 e. The Morgan fingerprint density at radius 1 is 1.21 bits per heavy atom. The SMILES string of the molecule is CC1(C)Cc2nc(N3CCCC3)ncc2[C@@H](NC(=O)c2ccc3c(c2)OCO3)C1. The number of carbonyl (C=O) groups excluding carboxylic acids is 1. The Morgan fingerprint density at radius 2 is 2.00 bits per heavy atom. The van der Waals surface area contributed by atoms with E-state index in [-0.39, 0.29) is 24.2 Å². The summed E-state index contributed by atoms with van der Waals surface area (Å²) in [5.41, 5.74) is 2.69. The lowest BCUT2D eigenvalue weighted by molar-refractivity contribution is 0.0918. The summed E-state index contributed by atoms with van der Waals surface area (Å²) >= 11 is 0. The van der Waals surface area contributed by atoms with Crippen LogP contribution in [0.5, 0.6) is 11.5 Å².